The van der Waals surface area contributed by atoms with Crippen LogP contribution in [0.25, 0.3) is 0 Å². The van der Waals surface area contributed by atoms with E-state index in [0.29, 0.717) is 15.6 Å². The molecule has 1 aromatic heterocycles. The van der Waals surface area contributed by atoms with Gasteiger partial charge in [-0.15, -0.1) is 0 Å². The van der Waals surface area contributed by atoms with Crippen molar-refractivity contribution in [2.75, 3.05) is 13.7 Å². The van der Waals surface area contributed by atoms with Gasteiger partial charge in [0.1, 0.15) is 29.8 Å². The molecule has 3 rings (SSSR count). The van der Waals surface area contributed by atoms with E-state index in [2.05, 4.69) is 0 Å². The smallest absolute Gasteiger partial charge is 0.268 e. The summed E-state index contributed by atoms with van der Waals surface area (Å²) >= 11 is 12.3. The van der Waals surface area contributed by atoms with Gasteiger partial charge in [-0.3, -0.25) is 9.59 Å². The monoisotopic (exact) mass is 474 g/mol. The van der Waals surface area contributed by atoms with E-state index in [4.69, 9.17) is 32.7 Å². The Labute approximate surface area is 193 Å². The van der Waals surface area contributed by atoms with E-state index in [0.717, 1.165) is 12.1 Å². The number of hydrogen-bond donors (Lipinski definition) is 0. The summed E-state index contributed by atoms with van der Waals surface area (Å²) in [6.45, 7) is 0.291. The molecule has 1 heterocycles. The molecule has 0 bridgehead atoms. The highest BCUT2D eigenvalue weighted by Gasteiger charge is 2.19. The van der Waals surface area contributed by atoms with Crippen molar-refractivity contribution in [1.82, 2.24) is 4.57 Å². The van der Waals surface area contributed by atoms with Crippen LogP contribution >= 0.6 is 23.2 Å². The highest BCUT2D eigenvalue weighted by Crippen LogP contribution is 2.28. The maximum absolute atomic E-state index is 14.0. The molecule has 2 aromatic carbocycles. The third-order valence-electron chi connectivity index (χ3n) is 4.62. The van der Waals surface area contributed by atoms with Gasteiger partial charge in [-0.05, 0) is 36.4 Å². The normalized spacial score (nSPS) is 10.6. The molecular weight excluding hydrogens is 458 g/mol. The molecule has 0 spiro atoms. The van der Waals surface area contributed by atoms with Crippen LogP contribution in [0.1, 0.15) is 27.0 Å². The molecule has 0 saturated carbocycles. The van der Waals surface area contributed by atoms with Gasteiger partial charge in [0.15, 0.2) is 5.78 Å². The summed E-state index contributed by atoms with van der Waals surface area (Å²) in [7, 11) is 1.47. The minimum absolute atomic E-state index is 0.0310. The van der Waals surface area contributed by atoms with Gasteiger partial charge in [0, 0.05) is 41.0 Å². The lowest BCUT2D eigenvalue weighted by atomic mass is 10.0. The van der Waals surface area contributed by atoms with Crippen molar-refractivity contribution < 1.29 is 18.7 Å². The van der Waals surface area contributed by atoms with E-state index in [1.165, 1.54) is 30.0 Å². The zero-order valence-corrected chi connectivity index (χ0v) is 18.4. The molecule has 0 unspecified atom stereocenters. The molecule has 3 aromatic rings. The molecule has 9 heteroatoms. The number of rotatable bonds is 8. The molecule has 0 amide bonds. The van der Waals surface area contributed by atoms with Gasteiger partial charge in [-0.2, -0.15) is 5.26 Å². The first kappa shape index (κ1) is 23.5. The van der Waals surface area contributed by atoms with Crippen LogP contribution in [0.4, 0.5) is 4.39 Å². The van der Waals surface area contributed by atoms with Crippen molar-refractivity contribution >= 4 is 29.0 Å². The molecule has 6 nitrogen and oxygen atoms in total. The zero-order valence-electron chi connectivity index (χ0n) is 16.9. The molecule has 0 fully saturated rings. The number of carbonyl (C=O) groups is 1. The number of nitrogens with zero attached hydrogens (tertiary/aromatic N) is 2. The number of ketones is 1. The number of pyridine rings is 1. The number of methoxy groups -OCH3 is 1. The molecule has 0 atom stereocenters. The molecule has 0 saturated heterocycles. The van der Waals surface area contributed by atoms with Gasteiger partial charge in [0.2, 0.25) is 0 Å². The highest BCUT2D eigenvalue weighted by molar-refractivity contribution is 6.35. The van der Waals surface area contributed by atoms with E-state index < -0.39 is 17.2 Å². The predicted molar refractivity (Wildman–Crippen MR) is 118 cm³/mol. The van der Waals surface area contributed by atoms with E-state index >= 15 is 0 Å². The van der Waals surface area contributed by atoms with Crippen molar-refractivity contribution in [3.05, 3.63) is 97.1 Å². The zero-order chi connectivity index (χ0) is 23.3. The van der Waals surface area contributed by atoms with Crippen LogP contribution in [0.2, 0.25) is 10.0 Å². The Morgan fingerprint density at radius 1 is 1.19 bits per heavy atom. The first-order valence-electron chi connectivity index (χ1n) is 9.39. The molecule has 0 aliphatic carbocycles. The third-order valence-corrected chi connectivity index (χ3v) is 5.33. The van der Waals surface area contributed by atoms with Gasteiger partial charge >= 0.3 is 0 Å². The van der Waals surface area contributed by atoms with Crippen LogP contribution in [-0.2, 0) is 17.9 Å². The van der Waals surface area contributed by atoms with Gasteiger partial charge in [-0.1, -0.05) is 29.3 Å². The predicted octanol–water partition coefficient (Wildman–Crippen LogP) is 4.62. The van der Waals surface area contributed by atoms with Gasteiger partial charge in [0.05, 0.1) is 12.2 Å². The fraction of sp³-hybridized carbons (Fsp3) is 0.174. The second-order valence-electron chi connectivity index (χ2n) is 6.70. The average Bonchev–Trinajstić information content (AvgIpc) is 2.78. The quantitative estimate of drug-likeness (QED) is 0.444. The average molecular weight is 475 g/mol. The Kier molecular flexibility index (Phi) is 7.65. The van der Waals surface area contributed by atoms with Crippen molar-refractivity contribution in [2.45, 2.75) is 13.2 Å². The second kappa shape index (κ2) is 10.4. The van der Waals surface area contributed by atoms with Crippen LogP contribution in [0.15, 0.2) is 53.5 Å². The van der Waals surface area contributed by atoms with E-state index in [1.54, 1.807) is 24.3 Å². The molecule has 0 aliphatic rings. The van der Waals surface area contributed by atoms with Crippen molar-refractivity contribution in [1.29, 1.82) is 5.26 Å². The maximum atomic E-state index is 14.0. The Morgan fingerprint density at radius 3 is 2.56 bits per heavy atom. The van der Waals surface area contributed by atoms with Crippen LogP contribution in [0.5, 0.6) is 5.75 Å². The number of carbonyl (C=O) groups excluding carboxylic acids is 1. The van der Waals surface area contributed by atoms with Gasteiger partial charge in [-0.25, -0.2) is 4.39 Å². The number of ether oxygens (including phenoxy) is 2. The second-order valence-corrected chi connectivity index (χ2v) is 7.52. The van der Waals surface area contributed by atoms with E-state index in [9.17, 15) is 19.2 Å². The summed E-state index contributed by atoms with van der Waals surface area (Å²) in [6.07, 6.45) is 1.31. The summed E-state index contributed by atoms with van der Waals surface area (Å²) in [5.41, 5.74) is -0.297. The first-order valence-corrected chi connectivity index (χ1v) is 10.1. The summed E-state index contributed by atoms with van der Waals surface area (Å²) in [4.78, 5) is 25.5. The van der Waals surface area contributed by atoms with E-state index in [1.807, 2.05) is 0 Å². The van der Waals surface area contributed by atoms with Crippen molar-refractivity contribution in [3.63, 3.8) is 0 Å². The Balaban J connectivity index is 1.99. The number of hydrogen-bond acceptors (Lipinski definition) is 5. The fourth-order valence-corrected chi connectivity index (χ4v) is 3.48. The molecule has 0 aliphatic heterocycles. The topological polar surface area (TPSA) is 81.3 Å². The minimum atomic E-state index is -0.648. The lowest BCUT2D eigenvalue weighted by Gasteiger charge is -2.14. The summed E-state index contributed by atoms with van der Waals surface area (Å²) in [6, 6.07) is 11.4. The largest absolute Gasteiger partial charge is 0.488 e. The van der Waals surface area contributed by atoms with Gasteiger partial charge in [0.25, 0.3) is 5.56 Å². The van der Waals surface area contributed by atoms with Crippen LogP contribution in [0, 0.1) is 17.1 Å². The summed E-state index contributed by atoms with van der Waals surface area (Å²) in [5, 5.41) is 10.1. The standard InChI is InChI=1S/C23H17Cl2FN2O4/c1-31-8-7-28-12-15(9-14(11-27)23(28)30)22(29)17-10-16(26)5-6-21(17)32-13-18-19(24)3-2-4-20(18)25/h2-6,9-10,12H,7-8,13H2,1H3. The van der Waals surface area contributed by atoms with Crippen LogP contribution in [0.3, 0.4) is 0 Å². The molecular formula is C23H17Cl2FN2O4. The Hall–Kier alpha value is -3.18. The van der Waals surface area contributed by atoms with Crippen LogP contribution in [-0.4, -0.2) is 24.1 Å². The van der Waals surface area contributed by atoms with Gasteiger partial charge < -0.3 is 14.0 Å². The lowest BCUT2D eigenvalue weighted by Crippen LogP contribution is -2.25. The molecule has 32 heavy (non-hydrogen) atoms. The fourth-order valence-electron chi connectivity index (χ4n) is 2.98. The SMILES string of the molecule is COCCn1cc(C(=O)c2cc(F)ccc2OCc2c(Cl)cccc2Cl)cc(C#N)c1=O. The third kappa shape index (κ3) is 5.17. The van der Waals surface area contributed by atoms with Crippen molar-refractivity contribution in [2.24, 2.45) is 0 Å². The van der Waals surface area contributed by atoms with Crippen molar-refractivity contribution in [3.8, 4) is 11.8 Å². The van der Waals surface area contributed by atoms with Crippen LogP contribution < -0.4 is 10.3 Å². The highest BCUT2D eigenvalue weighted by atomic mass is 35.5. The number of halogens is 3. The molecule has 164 valence electrons. The summed E-state index contributed by atoms with van der Waals surface area (Å²) in [5.74, 6) is -1.17. The Bertz CT molecular complexity index is 1250. The number of aromatic nitrogens is 1. The molecule has 0 radical (unpaired) electrons. The lowest BCUT2D eigenvalue weighted by molar-refractivity contribution is 0.103. The number of nitriles is 1. The first-order chi connectivity index (χ1) is 15.3. The number of benzene rings is 2. The maximum Gasteiger partial charge on any atom is 0.268 e. The Morgan fingerprint density at radius 2 is 1.91 bits per heavy atom. The van der Waals surface area contributed by atoms with E-state index in [-0.39, 0.29) is 42.2 Å². The summed E-state index contributed by atoms with van der Waals surface area (Å²) < 4.78 is 25.9. The molecule has 0 N–H and O–H groups in total. The minimum Gasteiger partial charge on any atom is -0.488 e.